The number of para-hydroxylation sites is 2. The van der Waals surface area contributed by atoms with Crippen LogP contribution in [0, 0.1) is 11.3 Å². The van der Waals surface area contributed by atoms with Gasteiger partial charge in [-0.05, 0) is 36.4 Å². The van der Waals surface area contributed by atoms with Crippen molar-refractivity contribution in [3.8, 4) is 11.8 Å². The minimum atomic E-state index is 0.0185. The molecule has 1 atom stereocenters. The van der Waals surface area contributed by atoms with E-state index in [-0.39, 0.29) is 11.3 Å². The van der Waals surface area contributed by atoms with Gasteiger partial charge in [-0.15, -0.1) is 0 Å². The monoisotopic (exact) mass is 375 g/mol. The van der Waals surface area contributed by atoms with Crippen molar-refractivity contribution in [2.45, 2.75) is 6.54 Å². The Labute approximate surface area is 164 Å². The summed E-state index contributed by atoms with van der Waals surface area (Å²) in [5.74, 6) is 1.20. The van der Waals surface area contributed by atoms with Crippen LogP contribution in [0.4, 0.5) is 0 Å². The number of aromatic nitrogens is 2. The fraction of sp³-hybridized carbons (Fsp3) is 0.182. The molecule has 0 bridgehead atoms. The fourth-order valence-corrected chi connectivity index (χ4v) is 2.97. The van der Waals surface area contributed by atoms with Crippen LogP contribution in [0.25, 0.3) is 16.6 Å². The molecular weight excluding hydrogens is 352 g/mol. The molecule has 1 heterocycles. The van der Waals surface area contributed by atoms with Gasteiger partial charge in [0.15, 0.2) is 11.6 Å². The molecule has 6 heteroatoms. The third-order valence-electron chi connectivity index (χ3n) is 4.29. The zero-order valence-corrected chi connectivity index (χ0v) is 15.8. The lowest BCUT2D eigenvalue weighted by atomic mass is 10.2. The second-order valence-corrected chi connectivity index (χ2v) is 6.59. The van der Waals surface area contributed by atoms with Gasteiger partial charge in [0.2, 0.25) is 0 Å². The van der Waals surface area contributed by atoms with E-state index in [9.17, 15) is 10.4 Å². The lowest BCUT2D eigenvalue weighted by molar-refractivity contribution is -0.890. The number of nitriles is 1. The predicted molar refractivity (Wildman–Crippen MR) is 109 cm³/mol. The number of ether oxygens (including phenoxy) is 1. The summed E-state index contributed by atoms with van der Waals surface area (Å²) in [6.45, 7) is 5.12. The summed E-state index contributed by atoms with van der Waals surface area (Å²) in [7, 11) is 1.96. The fourth-order valence-electron chi connectivity index (χ4n) is 2.97. The first-order chi connectivity index (χ1) is 13.6. The Morgan fingerprint density at radius 1 is 1.29 bits per heavy atom. The molecule has 0 radical (unpaired) electrons. The van der Waals surface area contributed by atoms with Crippen LogP contribution >= 0.6 is 0 Å². The molecule has 3 N–H and O–H groups in total. The second-order valence-electron chi connectivity index (χ2n) is 6.59. The van der Waals surface area contributed by atoms with Gasteiger partial charge in [-0.3, -0.25) is 0 Å². The number of hydrogen-bond acceptors (Lipinski definition) is 4. The molecule has 1 aromatic heterocycles. The minimum Gasteiger partial charge on any atom is -0.506 e. The van der Waals surface area contributed by atoms with Crippen LogP contribution in [0.3, 0.4) is 0 Å². The van der Waals surface area contributed by atoms with Gasteiger partial charge in [0.25, 0.3) is 0 Å². The minimum absolute atomic E-state index is 0.0185. The number of aromatic amines is 1. The van der Waals surface area contributed by atoms with E-state index < -0.39 is 0 Å². The van der Waals surface area contributed by atoms with E-state index in [1.165, 1.54) is 0 Å². The van der Waals surface area contributed by atoms with Gasteiger partial charge in [0.05, 0.1) is 18.1 Å². The van der Waals surface area contributed by atoms with E-state index in [0.29, 0.717) is 25.5 Å². The van der Waals surface area contributed by atoms with Crippen molar-refractivity contribution < 1.29 is 14.7 Å². The molecule has 0 spiro atoms. The number of aliphatic hydroxyl groups excluding tert-OH is 1. The first-order valence-electron chi connectivity index (χ1n) is 9.02. The molecule has 0 aliphatic rings. The Morgan fingerprint density at radius 2 is 2.04 bits per heavy atom. The van der Waals surface area contributed by atoms with Crippen LogP contribution in [0.15, 0.2) is 66.9 Å². The molecule has 2 aromatic carbocycles. The van der Waals surface area contributed by atoms with Crippen LogP contribution in [-0.4, -0.2) is 35.3 Å². The normalized spacial score (nSPS) is 12.9. The highest BCUT2D eigenvalue weighted by molar-refractivity contribution is 5.82. The van der Waals surface area contributed by atoms with Crippen LogP contribution < -0.4 is 9.64 Å². The number of nitrogens with zero attached hydrogens (tertiary/aromatic N) is 2. The standard InChI is InChI=1S/C22H22N4O2/c1-3-12-28-17-10-8-16(9-11-17)14-26(2)15-21(27)18(13-23)22-24-19-6-4-5-7-20(19)25-22/h3-11,27H,1,12,14-15H2,2H3,(H,24,25)/p+1/b21-18-. The van der Waals surface area contributed by atoms with Gasteiger partial charge >= 0.3 is 0 Å². The van der Waals surface area contributed by atoms with Crippen LogP contribution in [-0.2, 0) is 6.54 Å². The highest BCUT2D eigenvalue weighted by atomic mass is 16.5. The van der Waals surface area contributed by atoms with Crippen molar-refractivity contribution in [1.29, 1.82) is 5.26 Å². The number of nitrogens with one attached hydrogen (secondary N) is 2. The molecule has 0 saturated carbocycles. The third kappa shape index (κ3) is 4.58. The number of likely N-dealkylation sites (N-methyl/N-ethyl adjacent to an activating group) is 1. The Balaban J connectivity index is 1.69. The van der Waals surface area contributed by atoms with Gasteiger partial charge in [-0.2, -0.15) is 5.26 Å². The number of rotatable bonds is 8. The lowest BCUT2D eigenvalue weighted by Gasteiger charge is -2.14. The average molecular weight is 375 g/mol. The van der Waals surface area contributed by atoms with Crippen molar-refractivity contribution in [3.05, 3.63) is 78.3 Å². The van der Waals surface area contributed by atoms with Gasteiger partial charge in [-0.1, -0.05) is 24.8 Å². The van der Waals surface area contributed by atoms with Crippen LogP contribution in [0.2, 0.25) is 0 Å². The van der Waals surface area contributed by atoms with E-state index in [2.05, 4.69) is 22.6 Å². The largest absolute Gasteiger partial charge is 0.506 e. The summed E-state index contributed by atoms with van der Waals surface area (Å²) in [6, 6.07) is 17.4. The van der Waals surface area contributed by atoms with Crippen LogP contribution in [0.5, 0.6) is 5.75 Å². The first kappa shape index (κ1) is 19.2. The van der Waals surface area contributed by atoms with E-state index in [1.807, 2.05) is 55.6 Å². The summed E-state index contributed by atoms with van der Waals surface area (Å²) in [5, 5.41) is 20.0. The molecule has 3 rings (SSSR count). The van der Waals surface area contributed by atoms with E-state index in [4.69, 9.17) is 4.74 Å². The summed E-state index contributed by atoms with van der Waals surface area (Å²) in [4.78, 5) is 8.54. The Hall–Kier alpha value is -3.56. The smallest absolute Gasteiger partial charge is 0.169 e. The third-order valence-corrected chi connectivity index (χ3v) is 4.29. The molecule has 28 heavy (non-hydrogen) atoms. The Bertz CT molecular complexity index is 996. The quantitative estimate of drug-likeness (QED) is 0.321. The van der Waals surface area contributed by atoms with Crippen molar-refractivity contribution >= 4 is 16.6 Å². The molecule has 1 unspecified atom stereocenters. The molecular formula is C22H23N4O2+. The van der Waals surface area contributed by atoms with Gasteiger partial charge in [-0.25, -0.2) is 4.98 Å². The zero-order valence-electron chi connectivity index (χ0n) is 15.8. The summed E-state index contributed by atoms with van der Waals surface area (Å²) in [5.41, 5.74) is 2.87. The Kier molecular flexibility index (Phi) is 6.10. The average Bonchev–Trinajstić information content (AvgIpc) is 3.11. The highest BCUT2D eigenvalue weighted by Crippen LogP contribution is 2.18. The topological polar surface area (TPSA) is 86.4 Å². The predicted octanol–water partition coefficient (Wildman–Crippen LogP) is 2.64. The number of quaternary nitrogens is 1. The summed E-state index contributed by atoms with van der Waals surface area (Å²) < 4.78 is 5.48. The van der Waals surface area contributed by atoms with Crippen molar-refractivity contribution in [3.63, 3.8) is 0 Å². The number of hydrogen-bond donors (Lipinski definition) is 3. The number of imidazole rings is 1. The Morgan fingerprint density at radius 3 is 2.71 bits per heavy atom. The SMILES string of the molecule is C=CCOc1ccc(C[NH+](C)C/C(O)=C(\C#N)c2nc3ccccc3[nH]2)cc1. The molecule has 6 nitrogen and oxygen atoms in total. The van der Waals surface area contributed by atoms with E-state index >= 15 is 0 Å². The molecule has 0 fully saturated rings. The molecule has 0 amide bonds. The maximum absolute atomic E-state index is 10.5. The number of aliphatic hydroxyl groups is 1. The maximum atomic E-state index is 10.5. The number of allylic oxidation sites excluding steroid dienone is 1. The lowest BCUT2D eigenvalue weighted by Crippen LogP contribution is -3.07. The molecule has 0 saturated heterocycles. The molecule has 0 aliphatic heterocycles. The summed E-state index contributed by atoms with van der Waals surface area (Å²) >= 11 is 0. The zero-order chi connectivity index (χ0) is 19.9. The first-order valence-corrected chi connectivity index (χ1v) is 9.02. The maximum Gasteiger partial charge on any atom is 0.169 e. The summed E-state index contributed by atoms with van der Waals surface area (Å²) in [6.07, 6.45) is 1.70. The van der Waals surface area contributed by atoms with Crippen molar-refractivity contribution in [2.75, 3.05) is 20.2 Å². The highest BCUT2D eigenvalue weighted by Gasteiger charge is 2.16. The van der Waals surface area contributed by atoms with Crippen LogP contribution in [0.1, 0.15) is 11.4 Å². The number of fused-ring (bicyclic) bond motifs is 1. The van der Waals surface area contributed by atoms with Gasteiger partial charge < -0.3 is 19.7 Å². The van der Waals surface area contributed by atoms with Crippen molar-refractivity contribution in [1.82, 2.24) is 9.97 Å². The number of benzene rings is 2. The second kappa shape index (κ2) is 8.89. The molecule has 3 aromatic rings. The molecule has 0 aliphatic carbocycles. The number of H-pyrrole nitrogens is 1. The van der Waals surface area contributed by atoms with E-state index in [1.54, 1.807) is 6.08 Å². The molecule has 142 valence electrons. The van der Waals surface area contributed by atoms with Gasteiger partial charge in [0.1, 0.15) is 37.1 Å². The van der Waals surface area contributed by atoms with Crippen molar-refractivity contribution in [2.24, 2.45) is 0 Å². The van der Waals surface area contributed by atoms with E-state index in [0.717, 1.165) is 27.2 Å². The van der Waals surface area contributed by atoms with Gasteiger partial charge in [0, 0.05) is 5.56 Å².